The maximum absolute atomic E-state index is 13.1. The Labute approximate surface area is 226 Å². The molecule has 1 heterocycles. The number of halogens is 2. The highest BCUT2D eigenvalue weighted by atomic mass is 32.2. The van der Waals surface area contributed by atoms with E-state index in [0.717, 1.165) is 22.3 Å². The zero-order valence-electron chi connectivity index (χ0n) is 21.6. The van der Waals surface area contributed by atoms with Crippen LogP contribution in [-0.4, -0.2) is 45.1 Å². The molecule has 7 nitrogen and oxygen atoms in total. The number of aliphatic hydroxyl groups is 1. The quantitative estimate of drug-likeness (QED) is 0.410. The molecule has 3 atom stereocenters. The minimum Gasteiger partial charge on any atom is -0.493 e. The number of sulfonamides is 1. The second-order valence-electron chi connectivity index (χ2n) is 9.92. The van der Waals surface area contributed by atoms with Gasteiger partial charge in [0.25, 0.3) is 0 Å². The fraction of sp³-hybridized carbons (Fsp3) is 0.345. The lowest BCUT2D eigenvalue weighted by molar-refractivity contribution is -0.0512. The summed E-state index contributed by atoms with van der Waals surface area (Å²) in [6.45, 7) is -1.03. The van der Waals surface area contributed by atoms with E-state index in [0.29, 0.717) is 30.5 Å². The van der Waals surface area contributed by atoms with E-state index in [4.69, 9.17) is 14.5 Å². The lowest BCUT2D eigenvalue weighted by Crippen LogP contribution is -2.34. The Morgan fingerprint density at radius 3 is 2.44 bits per heavy atom. The highest BCUT2D eigenvalue weighted by Crippen LogP contribution is 2.45. The smallest absolute Gasteiger partial charge is 0.387 e. The van der Waals surface area contributed by atoms with E-state index >= 15 is 0 Å². The zero-order valence-corrected chi connectivity index (χ0v) is 22.4. The maximum Gasteiger partial charge on any atom is 0.387 e. The van der Waals surface area contributed by atoms with Gasteiger partial charge in [-0.15, -0.1) is 0 Å². The number of hydrogen-bond donors (Lipinski definition) is 2. The Morgan fingerprint density at radius 1 is 1.05 bits per heavy atom. The van der Waals surface area contributed by atoms with Crippen LogP contribution in [-0.2, 0) is 16.6 Å². The van der Waals surface area contributed by atoms with E-state index in [2.05, 4.69) is 4.72 Å². The van der Waals surface area contributed by atoms with Crippen molar-refractivity contribution in [3.05, 3.63) is 88.5 Å². The van der Waals surface area contributed by atoms with Crippen molar-refractivity contribution in [1.82, 2.24) is 4.72 Å². The molecule has 0 aromatic heterocycles. The number of nitrogens with one attached hydrogen (secondary N) is 1. The van der Waals surface area contributed by atoms with E-state index in [9.17, 15) is 22.3 Å². The van der Waals surface area contributed by atoms with Crippen molar-refractivity contribution >= 4 is 15.7 Å². The van der Waals surface area contributed by atoms with Crippen molar-refractivity contribution in [3.63, 3.8) is 0 Å². The van der Waals surface area contributed by atoms with E-state index in [1.807, 2.05) is 31.2 Å². The average molecular weight is 557 g/mol. The highest BCUT2D eigenvalue weighted by Gasteiger charge is 2.37. The molecule has 0 saturated heterocycles. The van der Waals surface area contributed by atoms with Gasteiger partial charge >= 0.3 is 6.61 Å². The Hall–Kier alpha value is -3.34. The fourth-order valence-corrected chi connectivity index (χ4v) is 6.30. The molecule has 0 bridgehead atoms. The fourth-order valence-electron chi connectivity index (χ4n) is 5.28. The molecule has 1 aliphatic carbocycles. The first-order valence-corrected chi connectivity index (χ1v) is 14.2. The molecule has 5 rings (SSSR count). The Balaban J connectivity index is 1.44. The summed E-state index contributed by atoms with van der Waals surface area (Å²) in [4.78, 5) is 5.19. The Kier molecular flexibility index (Phi) is 7.70. The molecule has 206 valence electrons. The number of ether oxygens (including phenoxy) is 2. The first kappa shape index (κ1) is 27.2. The van der Waals surface area contributed by atoms with E-state index < -0.39 is 22.7 Å². The minimum atomic E-state index is -3.67. The zero-order chi connectivity index (χ0) is 27.7. The van der Waals surface area contributed by atoms with Crippen molar-refractivity contribution in [2.75, 3.05) is 7.11 Å². The SMILES string of the molecule is COc1cc2c(cc1OC(F)F)C(c1ccc(CNS(=O)(=O)c3ccc(C)cc3)cc1)=NC1CCC(O)CC21. The molecule has 10 heteroatoms. The molecule has 0 radical (unpaired) electrons. The van der Waals surface area contributed by atoms with Crippen LogP contribution in [0, 0.1) is 6.92 Å². The third-order valence-electron chi connectivity index (χ3n) is 7.31. The van der Waals surface area contributed by atoms with Crippen LogP contribution < -0.4 is 14.2 Å². The molecule has 1 aliphatic heterocycles. The first-order chi connectivity index (χ1) is 18.6. The van der Waals surface area contributed by atoms with Gasteiger partial charge in [0.1, 0.15) is 0 Å². The predicted octanol–water partition coefficient (Wildman–Crippen LogP) is 4.93. The van der Waals surface area contributed by atoms with Crippen LogP contribution >= 0.6 is 0 Å². The number of rotatable bonds is 8. The van der Waals surface area contributed by atoms with Crippen LogP contribution in [0.5, 0.6) is 11.5 Å². The van der Waals surface area contributed by atoms with Gasteiger partial charge in [-0.05, 0) is 61.6 Å². The van der Waals surface area contributed by atoms with Gasteiger partial charge in [-0.3, -0.25) is 4.99 Å². The molecule has 3 aromatic rings. The van der Waals surface area contributed by atoms with Crippen molar-refractivity contribution in [1.29, 1.82) is 0 Å². The molecular weight excluding hydrogens is 526 g/mol. The van der Waals surface area contributed by atoms with E-state index in [1.165, 1.54) is 13.2 Å². The first-order valence-electron chi connectivity index (χ1n) is 12.7. The molecule has 39 heavy (non-hydrogen) atoms. The summed E-state index contributed by atoms with van der Waals surface area (Å²) in [5, 5.41) is 10.3. The monoisotopic (exact) mass is 556 g/mol. The number of hydrogen-bond acceptors (Lipinski definition) is 6. The number of aliphatic imine (C=N–C) groups is 1. The molecule has 3 aromatic carbocycles. The summed E-state index contributed by atoms with van der Waals surface area (Å²) < 4.78 is 64.3. The predicted molar refractivity (Wildman–Crippen MR) is 143 cm³/mol. The Morgan fingerprint density at radius 2 is 1.77 bits per heavy atom. The molecular formula is C29H30F2N2O5S. The molecule has 2 N–H and O–H groups in total. The minimum absolute atomic E-state index is 0.0662. The van der Waals surface area contributed by atoms with Crippen LogP contribution in [0.1, 0.15) is 53.0 Å². The standard InChI is InChI=1S/C29H30F2N2O5S/c1-17-3-10-21(11-4-17)39(35,36)32-16-18-5-7-19(8-6-18)28-24-15-27(38-29(30)31)26(37-2)14-22(24)23-13-20(34)9-12-25(23)33-28/h3-8,10-11,14-15,20,23,25,29,32,34H,9,12-13,16H2,1-2H3. The van der Waals surface area contributed by atoms with Crippen LogP contribution in [0.3, 0.4) is 0 Å². The molecule has 3 unspecified atom stereocenters. The van der Waals surface area contributed by atoms with Crippen molar-refractivity contribution in [3.8, 4) is 11.5 Å². The van der Waals surface area contributed by atoms with Crippen LogP contribution in [0.2, 0.25) is 0 Å². The third-order valence-corrected chi connectivity index (χ3v) is 8.73. The second kappa shape index (κ2) is 11.0. The van der Waals surface area contributed by atoms with Gasteiger partial charge in [0.05, 0.1) is 29.9 Å². The number of fused-ring (bicyclic) bond motifs is 3. The second-order valence-corrected chi connectivity index (χ2v) is 11.7. The van der Waals surface area contributed by atoms with Crippen molar-refractivity contribution in [2.24, 2.45) is 4.99 Å². The van der Waals surface area contributed by atoms with Gasteiger partial charge in [-0.25, -0.2) is 13.1 Å². The van der Waals surface area contributed by atoms with Gasteiger partial charge in [0.15, 0.2) is 11.5 Å². The number of methoxy groups -OCH3 is 1. The number of aliphatic hydroxyl groups excluding tert-OH is 1. The highest BCUT2D eigenvalue weighted by molar-refractivity contribution is 7.89. The maximum atomic E-state index is 13.1. The average Bonchev–Trinajstić information content (AvgIpc) is 2.91. The topological polar surface area (TPSA) is 97.2 Å². The van der Waals surface area contributed by atoms with Crippen molar-refractivity contribution in [2.45, 2.75) is 62.3 Å². The Bertz CT molecular complexity index is 1470. The molecule has 0 spiro atoms. The third kappa shape index (κ3) is 5.83. The molecule has 1 saturated carbocycles. The largest absolute Gasteiger partial charge is 0.493 e. The summed E-state index contributed by atoms with van der Waals surface area (Å²) in [7, 11) is -2.27. The summed E-state index contributed by atoms with van der Waals surface area (Å²) in [5.41, 5.74) is 4.64. The normalized spacial score (nSPS) is 20.7. The molecule has 1 fully saturated rings. The summed E-state index contributed by atoms with van der Waals surface area (Å²) in [6, 6.07) is 17.1. The summed E-state index contributed by atoms with van der Waals surface area (Å²) in [6.07, 6.45) is 1.40. The van der Waals surface area contributed by atoms with E-state index in [1.54, 1.807) is 30.3 Å². The van der Waals surface area contributed by atoms with Crippen molar-refractivity contribution < 1.29 is 31.8 Å². The molecule has 2 aliphatic rings. The van der Waals surface area contributed by atoms with Gasteiger partial charge < -0.3 is 14.6 Å². The lowest BCUT2D eigenvalue weighted by Gasteiger charge is -2.37. The van der Waals surface area contributed by atoms with Gasteiger partial charge in [-0.1, -0.05) is 42.0 Å². The number of alkyl halides is 2. The lowest BCUT2D eigenvalue weighted by atomic mass is 9.74. The number of benzene rings is 3. The van der Waals surface area contributed by atoms with Gasteiger partial charge in [0, 0.05) is 23.6 Å². The number of nitrogens with zero attached hydrogens (tertiary/aromatic N) is 1. The van der Waals surface area contributed by atoms with Gasteiger partial charge in [0.2, 0.25) is 10.0 Å². The molecule has 0 amide bonds. The van der Waals surface area contributed by atoms with Crippen LogP contribution in [0.15, 0.2) is 70.6 Å². The van der Waals surface area contributed by atoms with Gasteiger partial charge in [-0.2, -0.15) is 8.78 Å². The summed E-state index contributed by atoms with van der Waals surface area (Å²) >= 11 is 0. The van der Waals surface area contributed by atoms with Crippen LogP contribution in [0.25, 0.3) is 0 Å². The van der Waals surface area contributed by atoms with Crippen LogP contribution in [0.4, 0.5) is 8.78 Å². The number of aryl methyl sites for hydroxylation is 1. The van der Waals surface area contributed by atoms with E-state index in [-0.39, 0.29) is 34.9 Å². The summed E-state index contributed by atoms with van der Waals surface area (Å²) in [5.74, 6) is 0.0404.